The Morgan fingerprint density at radius 3 is 2.23 bits per heavy atom. The number of rotatable bonds is 4. The van der Waals surface area contributed by atoms with Crippen molar-refractivity contribution < 1.29 is 14.0 Å². The van der Waals surface area contributed by atoms with Gasteiger partial charge in [0.25, 0.3) is 0 Å². The molecule has 2 aromatic carbocycles. The minimum Gasteiger partial charge on any atom is -0.339 e. The van der Waals surface area contributed by atoms with E-state index >= 15 is 0 Å². The molecule has 1 aliphatic rings. The monoisotopic (exact) mass is 448 g/mol. The highest BCUT2D eigenvalue weighted by Crippen LogP contribution is 2.41. The second-order valence-corrected chi connectivity index (χ2v) is 7.73. The summed E-state index contributed by atoms with van der Waals surface area (Å²) in [7, 11) is 2.15. The first kappa shape index (κ1) is 28.9. The number of likely N-dealkylation sites (N-methyl/N-ethyl adjacent to an activating group) is 1. The van der Waals surface area contributed by atoms with E-state index in [1.165, 1.54) is 12.8 Å². The van der Waals surface area contributed by atoms with Crippen molar-refractivity contribution in [1.29, 1.82) is 0 Å². The van der Waals surface area contributed by atoms with Gasteiger partial charge in [0.2, 0.25) is 0 Å². The van der Waals surface area contributed by atoms with Gasteiger partial charge >= 0.3 is 6.15 Å². The van der Waals surface area contributed by atoms with Gasteiger partial charge in [-0.15, -0.1) is 0 Å². The van der Waals surface area contributed by atoms with Crippen molar-refractivity contribution in [2.75, 3.05) is 18.5 Å². The lowest BCUT2D eigenvalue weighted by Gasteiger charge is -2.30. The first-order chi connectivity index (χ1) is 15.0. The van der Waals surface area contributed by atoms with Crippen molar-refractivity contribution in [3.05, 3.63) is 53.8 Å². The van der Waals surface area contributed by atoms with E-state index in [9.17, 15) is 4.39 Å². The zero-order valence-corrected chi connectivity index (χ0v) is 20.8. The zero-order chi connectivity index (χ0) is 23.8. The van der Waals surface area contributed by atoms with E-state index in [2.05, 4.69) is 35.3 Å². The van der Waals surface area contributed by atoms with Crippen LogP contribution < -0.4 is 4.90 Å². The fourth-order valence-electron chi connectivity index (χ4n) is 3.15. The van der Waals surface area contributed by atoms with Crippen LogP contribution in [0.3, 0.4) is 0 Å². The summed E-state index contributed by atoms with van der Waals surface area (Å²) in [4.78, 5) is 19.6. The van der Waals surface area contributed by atoms with Crippen LogP contribution in [0.2, 0.25) is 0 Å². The molecule has 0 saturated carbocycles. The van der Waals surface area contributed by atoms with Gasteiger partial charge in [-0.1, -0.05) is 65.7 Å². The molecular weight excluding hydrogens is 411 g/mol. The summed E-state index contributed by atoms with van der Waals surface area (Å²) in [5.74, 6) is -0.134. The fourth-order valence-corrected chi connectivity index (χ4v) is 4.27. The van der Waals surface area contributed by atoms with Crippen molar-refractivity contribution >= 4 is 29.5 Å². The number of carbonyl (C=O) groups excluding carboxylic acids is 2. The van der Waals surface area contributed by atoms with E-state index in [1.807, 2.05) is 58.9 Å². The molecule has 0 N–H and O–H groups in total. The summed E-state index contributed by atoms with van der Waals surface area (Å²) >= 11 is 1.74. The molecule has 3 rings (SSSR count). The molecule has 0 amide bonds. The average molecular weight is 449 g/mol. The Kier molecular flexibility index (Phi) is 15.4. The minimum absolute atomic E-state index is 0.134. The van der Waals surface area contributed by atoms with E-state index in [0.29, 0.717) is 11.6 Å². The van der Waals surface area contributed by atoms with Crippen LogP contribution in [0.15, 0.2) is 47.4 Å². The lowest BCUT2D eigenvalue weighted by Crippen LogP contribution is -2.35. The highest BCUT2D eigenvalue weighted by atomic mass is 32.2. The number of anilines is 2. The minimum atomic E-state index is -0.134. The maximum Gasteiger partial charge on any atom is 0.373 e. The summed E-state index contributed by atoms with van der Waals surface area (Å²) in [6, 6.07) is 14.4. The number of para-hydroxylation sites is 1. The van der Waals surface area contributed by atoms with Crippen molar-refractivity contribution in [2.45, 2.75) is 71.7 Å². The predicted octanol–water partition coefficient (Wildman–Crippen LogP) is 7.25. The molecule has 31 heavy (non-hydrogen) atoms. The molecule has 1 heterocycles. The highest BCUT2D eigenvalue weighted by molar-refractivity contribution is 7.97. The van der Waals surface area contributed by atoms with Crippen molar-refractivity contribution in [3.63, 3.8) is 0 Å². The van der Waals surface area contributed by atoms with E-state index in [1.54, 1.807) is 18.0 Å². The molecule has 0 aromatic heterocycles. The third-order valence-corrected chi connectivity index (χ3v) is 5.75. The van der Waals surface area contributed by atoms with Gasteiger partial charge in [0.05, 0.1) is 5.69 Å². The fraction of sp³-hybridized carbons (Fsp3) is 0.480. The van der Waals surface area contributed by atoms with E-state index in [-0.39, 0.29) is 12.0 Å². The van der Waals surface area contributed by atoms with Crippen LogP contribution in [0.25, 0.3) is 0 Å². The molecule has 4 nitrogen and oxygen atoms in total. The third kappa shape index (κ3) is 8.86. The molecule has 6 heteroatoms. The first-order valence-corrected chi connectivity index (χ1v) is 11.8. The summed E-state index contributed by atoms with van der Waals surface area (Å²) in [6.45, 7) is 12.9. The first-order valence-electron chi connectivity index (χ1n) is 11.0. The zero-order valence-electron chi connectivity index (χ0n) is 19.9. The number of aryl methyl sites for hydroxylation is 1. The number of nitrogens with zero attached hydrogens (tertiary/aromatic N) is 2. The summed E-state index contributed by atoms with van der Waals surface area (Å²) in [5.41, 5.74) is 2.80. The Morgan fingerprint density at radius 1 is 1.10 bits per heavy atom. The smallest absolute Gasteiger partial charge is 0.339 e. The standard InChI is InChI=1S/C20H25FN2S.2C2H6.CO2/c1-4-5-9-17-14-23(16-10-7-6-8-11-16)19-13-18(21)15(2)12-20(19)24-22(17)3;2*1-2;2-1-3/h6-8,10-13,17H,4-5,9,14H2,1-3H3;2*1-2H3;/t17-;;;/m1.../s1. The molecule has 0 spiro atoms. The summed E-state index contributed by atoms with van der Waals surface area (Å²) in [6.07, 6.45) is 3.81. The molecule has 0 bridgehead atoms. The maximum atomic E-state index is 14.3. The number of benzene rings is 2. The molecule has 0 unspecified atom stereocenters. The van der Waals surface area contributed by atoms with Gasteiger partial charge in [-0.05, 0) is 62.2 Å². The van der Waals surface area contributed by atoms with Crippen LogP contribution in [0.5, 0.6) is 0 Å². The van der Waals surface area contributed by atoms with Gasteiger partial charge in [-0.3, -0.25) is 0 Å². The summed E-state index contributed by atoms with van der Waals surface area (Å²) in [5, 5.41) is 0. The Morgan fingerprint density at radius 2 is 1.68 bits per heavy atom. The molecule has 1 aliphatic heterocycles. The van der Waals surface area contributed by atoms with Crippen molar-refractivity contribution in [2.24, 2.45) is 0 Å². The molecule has 0 saturated heterocycles. The number of unbranched alkanes of at least 4 members (excludes halogenated alkanes) is 1. The third-order valence-electron chi connectivity index (χ3n) is 4.64. The molecule has 0 aliphatic carbocycles. The van der Waals surface area contributed by atoms with E-state index in [4.69, 9.17) is 9.59 Å². The maximum absolute atomic E-state index is 14.3. The lowest BCUT2D eigenvalue weighted by molar-refractivity contribution is -0.191. The Labute approximate surface area is 192 Å². The molecule has 0 fully saturated rings. The van der Waals surface area contributed by atoms with E-state index < -0.39 is 0 Å². The van der Waals surface area contributed by atoms with Crippen LogP contribution >= 0.6 is 11.9 Å². The Hall–Kier alpha value is -2.14. The van der Waals surface area contributed by atoms with Crippen LogP contribution in [-0.2, 0) is 9.59 Å². The Bertz CT molecular complexity index is 781. The van der Waals surface area contributed by atoms with Gasteiger partial charge in [0, 0.05) is 23.2 Å². The van der Waals surface area contributed by atoms with E-state index in [0.717, 1.165) is 29.2 Å². The van der Waals surface area contributed by atoms with Crippen LogP contribution in [0, 0.1) is 12.7 Å². The SMILES string of the molecule is CC.CC.CCCC[C@@H]1CN(c2ccccc2)c2cc(F)c(C)cc2SN1C.O=C=O. The van der Waals surface area contributed by atoms with Crippen LogP contribution in [0.4, 0.5) is 15.8 Å². The molecular formula is C25H37FN2O2S. The van der Waals surface area contributed by atoms with Crippen molar-refractivity contribution in [3.8, 4) is 0 Å². The normalized spacial score (nSPS) is 14.8. The van der Waals surface area contributed by atoms with Crippen molar-refractivity contribution in [1.82, 2.24) is 4.31 Å². The Balaban J connectivity index is 0.00000116. The van der Waals surface area contributed by atoms with Gasteiger partial charge in [0.1, 0.15) is 5.82 Å². The number of hydrogen-bond acceptors (Lipinski definition) is 5. The molecule has 2 aromatic rings. The second kappa shape index (κ2) is 16.5. The quantitative estimate of drug-likeness (QED) is 0.461. The average Bonchev–Trinajstić information content (AvgIpc) is 2.93. The summed E-state index contributed by atoms with van der Waals surface area (Å²) < 4.78 is 16.6. The second-order valence-electron chi connectivity index (χ2n) is 6.53. The topological polar surface area (TPSA) is 40.6 Å². The molecule has 1 atom stereocenters. The number of fused-ring (bicyclic) bond motifs is 1. The largest absolute Gasteiger partial charge is 0.373 e. The number of halogens is 1. The molecule has 0 radical (unpaired) electrons. The van der Waals surface area contributed by atoms with Crippen LogP contribution in [-0.4, -0.2) is 30.1 Å². The molecule has 172 valence electrons. The predicted molar refractivity (Wildman–Crippen MR) is 129 cm³/mol. The van der Waals surface area contributed by atoms with Gasteiger partial charge < -0.3 is 4.90 Å². The van der Waals surface area contributed by atoms with Gasteiger partial charge in [-0.2, -0.15) is 9.59 Å². The van der Waals surface area contributed by atoms with Gasteiger partial charge in [-0.25, -0.2) is 8.70 Å². The lowest BCUT2D eigenvalue weighted by atomic mass is 10.1. The van der Waals surface area contributed by atoms with Gasteiger partial charge in [0.15, 0.2) is 0 Å². The van der Waals surface area contributed by atoms with Crippen LogP contribution in [0.1, 0.15) is 59.4 Å². The highest BCUT2D eigenvalue weighted by Gasteiger charge is 2.28. The number of hydrogen-bond donors (Lipinski definition) is 0.